The molecule has 0 radical (unpaired) electrons. The van der Waals surface area contributed by atoms with Gasteiger partial charge in [-0.25, -0.2) is 12.8 Å². The summed E-state index contributed by atoms with van der Waals surface area (Å²) in [4.78, 5) is 27.2. The van der Waals surface area contributed by atoms with E-state index in [0.29, 0.717) is 12.0 Å². The number of likely N-dealkylation sites (N-methyl/N-ethyl adjacent to an activating group) is 2. The van der Waals surface area contributed by atoms with Gasteiger partial charge in [0.15, 0.2) is 0 Å². The normalized spacial score (nSPS) is 12.5. The molecule has 0 aliphatic rings. The first-order valence-electron chi connectivity index (χ1n) is 10.9. The Morgan fingerprint density at radius 1 is 1.00 bits per heavy atom. The number of rotatable bonds is 9. The Morgan fingerprint density at radius 2 is 1.65 bits per heavy atom. The van der Waals surface area contributed by atoms with E-state index in [-0.39, 0.29) is 17.3 Å². The molecule has 3 aromatic carbocycles. The van der Waals surface area contributed by atoms with Crippen molar-refractivity contribution < 1.29 is 22.4 Å². The molecule has 9 heteroatoms. The maximum atomic E-state index is 13.3. The largest absolute Gasteiger partial charge is 0.357 e. The monoisotopic (exact) mass is 485 g/mol. The third-order valence-corrected chi connectivity index (χ3v) is 7.48. The Hall–Kier alpha value is -3.30. The van der Waals surface area contributed by atoms with Gasteiger partial charge in [-0.2, -0.15) is 4.31 Å². The summed E-state index contributed by atoms with van der Waals surface area (Å²) in [6.07, 6.45) is 0.327. The lowest BCUT2D eigenvalue weighted by atomic mass is 10.1. The fraction of sp³-hybridized carbons (Fsp3) is 0.280. The van der Waals surface area contributed by atoms with Crippen LogP contribution in [-0.2, 0) is 26.2 Å². The molecule has 0 saturated carbocycles. The van der Waals surface area contributed by atoms with Crippen LogP contribution >= 0.6 is 0 Å². The molecular weight excluding hydrogens is 457 g/mol. The summed E-state index contributed by atoms with van der Waals surface area (Å²) in [5.74, 6) is -1.31. The number of benzene rings is 3. The van der Waals surface area contributed by atoms with Crippen LogP contribution in [0, 0.1) is 5.82 Å². The van der Waals surface area contributed by atoms with E-state index in [1.165, 1.54) is 49.3 Å². The zero-order valence-corrected chi connectivity index (χ0v) is 20.2. The molecule has 0 spiro atoms. The minimum absolute atomic E-state index is 0.0366. The van der Waals surface area contributed by atoms with Crippen LogP contribution in [-0.4, -0.2) is 56.1 Å². The topological polar surface area (TPSA) is 86.8 Å². The Kier molecular flexibility index (Phi) is 8.01. The van der Waals surface area contributed by atoms with E-state index in [0.717, 1.165) is 15.1 Å². The predicted molar refractivity (Wildman–Crippen MR) is 129 cm³/mol. The first-order valence-corrected chi connectivity index (χ1v) is 12.3. The van der Waals surface area contributed by atoms with Gasteiger partial charge in [0.05, 0.1) is 11.4 Å². The molecule has 1 N–H and O–H groups in total. The summed E-state index contributed by atoms with van der Waals surface area (Å²) in [5, 5.41) is 4.22. The SMILES string of the molecule is CC[C@H](C(=O)NC)N(Cc1ccc(F)cc1)C(=O)CN(C)S(=O)(=O)c1ccc2ccccc2c1. The van der Waals surface area contributed by atoms with Crippen molar-refractivity contribution in [1.29, 1.82) is 0 Å². The third kappa shape index (κ3) is 5.60. The van der Waals surface area contributed by atoms with Crippen molar-refractivity contribution in [3.05, 3.63) is 78.1 Å². The summed E-state index contributed by atoms with van der Waals surface area (Å²) in [6, 6.07) is 17.0. The Morgan fingerprint density at radius 3 is 2.26 bits per heavy atom. The standard InChI is InChI=1S/C25H28FN3O4S/c1-4-23(25(31)27-2)29(16-18-9-12-21(26)13-10-18)24(30)17-28(3)34(32,33)22-14-11-19-7-5-6-8-20(19)15-22/h5-15,23H,4,16-17H2,1-3H3,(H,27,31)/t23-/m1/s1. The van der Waals surface area contributed by atoms with Crippen LogP contribution < -0.4 is 5.32 Å². The minimum atomic E-state index is -3.96. The van der Waals surface area contributed by atoms with Crippen LogP contribution in [0.2, 0.25) is 0 Å². The molecule has 7 nitrogen and oxygen atoms in total. The van der Waals surface area contributed by atoms with Crippen molar-refractivity contribution in [1.82, 2.24) is 14.5 Å². The number of sulfonamides is 1. The Bertz CT molecular complexity index is 1280. The summed E-state index contributed by atoms with van der Waals surface area (Å²) in [6.45, 7) is 1.35. The molecule has 0 heterocycles. The minimum Gasteiger partial charge on any atom is -0.357 e. The van der Waals surface area contributed by atoms with Crippen molar-refractivity contribution in [2.45, 2.75) is 30.8 Å². The first kappa shape index (κ1) is 25.3. The molecular formula is C25H28FN3O4S. The zero-order chi connectivity index (χ0) is 24.9. The van der Waals surface area contributed by atoms with Crippen LogP contribution in [0.1, 0.15) is 18.9 Å². The smallest absolute Gasteiger partial charge is 0.243 e. The highest BCUT2D eigenvalue weighted by Gasteiger charge is 2.31. The maximum Gasteiger partial charge on any atom is 0.243 e. The summed E-state index contributed by atoms with van der Waals surface area (Å²) >= 11 is 0. The lowest BCUT2D eigenvalue weighted by Crippen LogP contribution is -2.51. The predicted octanol–water partition coefficient (Wildman–Crippen LogP) is 3.15. The van der Waals surface area contributed by atoms with E-state index in [1.807, 2.05) is 24.3 Å². The molecule has 2 amide bonds. The van der Waals surface area contributed by atoms with Crippen LogP contribution in [0.3, 0.4) is 0 Å². The van der Waals surface area contributed by atoms with Gasteiger partial charge in [-0.05, 0) is 47.0 Å². The second-order valence-corrected chi connectivity index (χ2v) is 10.0. The van der Waals surface area contributed by atoms with Crippen LogP contribution in [0.5, 0.6) is 0 Å². The number of halogens is 1. The van der Waals surface area contributed by atoms with E-state index < -0.39 is 34.3 Å². The van der Waals surface area contributed by atoms with Gasteiger partial charge in [-0.15, -0.1) is 0 Å². The zero-order valence-electron chi connectivity index (χ0n) is 19.4. The van der Waals surface area contributed by atoms with Crippen molar-refractivity contribution in [3.8, 4) is 0 Å². The molecule has 0 aliphatic heterocycles. The second kappa shape index (κ2) is 10.8. The number of carbonyl (C=O) groups excluding carboxylic acids is 2. The maximum absolute atomic E-state index is 13.3. The van der Waals surface area contributed by atoms with Gasteiger partial charge in [0.2, 0.25) is 21.8 Å². The number of nitrogens with zero attached hydrogens (tertiary/aromatic N) is 2. The molecule has 0 saturated heterocycles. The lowest BCUT2D eigenvalue weighted by molar-refractivity contribution is -0.141. The molecule has 180 valence electrons. The highest BCUT2D eigenvalue weighted by Crippen LogP contribution is 2.22. The number of hydrogen-bond donors (Lipinski definition) is 1. The van der Waals surface area contributed by atoms with E-state index in [9.17, 15) is 22.4 Å². The van der Waals surface area contributed by atoms with E-state index in [4.69, 9.17) is 0 Å². The van der Waals surface area contributed by atoms with Gasteiger partial charge < -0.3 is 10.2 Å². The molecule has 0 fully saturated rings. The summed E-state index contributed by atoms with van der Waals surface area (Å²) < 4.78 is 40.7. The molecule has 0 aromatic heterocycles. The quantitative estimate of drug-likeness (QED) is 0.505. The molecule has 0 unspecified atom stereocenters. The van der Waals surface area contributed by atoms with Crippen molar-refractivity contribution in [3.63, 3.8) is 0 Å². The fourth-order valence-corrected chi connectivity index (χ4v) is 4.90. The Balaban J connectivity index is 1.87. The highest BCUT2D eigenvalue weighted by molar-refractivity contribution is 7.89. The summed E-state index contributed by atoms with van der Waals surface area (Å²) in [5.41, 5.74) is 0.622. The Labute approximate surface area is 199 Å². The molecule has 3 aromatic rings. The summed E-state index contributed by atoms with van der Waals surface area (Å²) in [7, 11) is -1.15. The van der Waals surface area contributed by atoms with Crippen LogP contribution in [0.4, 0.5) is 4.39 Å². The van der Waals surface area contributed by atoms with Crippen molar-refractivity contribution in [2.75, 3.05) is 20.6 Å². The third-order valence-electron chi connectivity index (χ3n) is 5.69. The van der Waals surface area contributed by atoms with Crippen LogP contribution in [0.15, 0.2) is 71.6 Å². The number of amides is 2. The number of carbonyl (C=O) groups is 2. The average Bonchev–Trinajstić information content (AvgIpc) is 2.84. The van der Waals surface area contributed by atoms with Gasteiger partial charge in [0.1, 0.15) is 11.9 Å². The van der Waals surface area contributed by atoms with E-state index >= 15 is 0 Å². The lowest BCUT2D eigenvalue weighted by Gasteiger charge is -2.31. The fourth-order valence-electron chi connectivity index (χ4n) is 3.75. The molecule has 3 rings (SSSR count). The van der Waals surface area contributed by atoms with Crippen LogP contribution in [0.25, 0.3) is 10.8 Å². The molecule has 0 bridgehead atoms. The first-order chi connectivity index (χ1) is 16.2. The number of hydrogen-bond acceptors (Lipinski definition) is 4. The van der Waals surface area contributed by atoms with Gasteiger partial charge in [0, 0.05) is 20.6 Å². The van der Waals surface area contributed by atoms with E-state index in [2.05, 4.69) is 5.32 Å². The van der Waals surface area contributed by atoms with Gasteiger partial charge in [-0.3, -0.25) is 9.59 Å². The number of nitrogens with one attached hydrogen (secondary N) is 1. The number of fused-ring (bicyclic) bond motifs is 1. The van der Waals surface area contributed by atoms with Crippen molar-refractivity contribution in [2.24, 2.45) is 0 Å². The highest BCUT2D eigenvalue weighted by atomic mass is 32.2. The molecule has 1 atom stereocenters. The average molecular weight is 486 g/mol. The molecule has 0 aliphatic carbocycles. The van der Waals surface area contributed by atoms with Gasteiger partial charge in [0.25, 0.3) is 0 Å². The van der Waals surface area contributed by atoms with Crippen molar-refractivity contribution >= 4 is 32.6 Å². The van der Waals surface area contributed by atoms with E-state index in [1.54, 1.807) is 19.1 Å². The molecule has 34 heavy (non-hydrogen) atoms. The van der Waals surface area contributed by atoms with Gasteiger partial charge >= 0.3 is 0 Å². The second-order valence-electron chi connectivity index (χ2n) is 7.96. The van der Waals surface area contributed by atoms with Gasteiger partial charge in [-0.1, -0.05) is 49.4 Å².